The van der Waals surface area contributed by atoms with E-state index in [9.17, 15) is 14.4 Å². The van der Waals surface area contributed by atoms with Gasteiger partial charge in [-0.3, -0.25) is 29.3 Å². The summed E-state index contributed by atoms with van der Waals surface area (Å²) in [6.07, 6.45) is 1.73. The highest BCUT2D eigenvalue weighted by Crippen LogP contribution is 2.63. The van der Waals surface area contributed by atoms with Crippen molar-refractivity contribution in [1.29, 1.82) is 0 Å². The molecular weight excluding hydrogens is 606 g/mol. The van der Waals surface area contributed by atoms with Crippen molar-refractivity contribution in [1.82, 2.24) is 19.8 Å². The Balaban J connectivity index is 1.38. The number of imide groups is 1. The summed E-state index contributed by atoms with van der Waals surface area (Å²) in [7, 11) is 2.82. The normalized spacial score (nSPS) is 23.7. The molecule has 7 nitrogen and oxygen atoms in total. The molecule has 0 radical (unpaired) electrons. The van der Waals surface area contributed by atoms with E-state index < -0.39 is 0 Å². The van der Waals surface area contributed by atoms with Crippen molar-refractivity contribution in [2.24, 2.45) is 17.3 Å². The highest BCUT2D eigenvalue weighted by Gasteiger charge is 2.72. The zero-order valence-electron chi connectivity index (χ0n) is 20.5. The molecule has 0 N–H and O–H groups in total. The van der Waals surface area contributed by atoms with Crippen LogP contribution in [0.5, 0.6) is 0 Å². The van der Waals surface area contributed by atoms with Gasteiger partial charge in [0.05, 0.1) is 43.0 Å². The van der Waals surface area contributed by atoms with Gasteiger partial charge < -0.3 is 4.90 Å². The predicted molar refractivity (Wildman–Crippen MR) is 151 cm³/mol. The van der Waals surface area contributed by atoms with Gasteiger partial charge in [0.1, 0.15) is 0 Å². The summed E-state index contributed by atoms with van der Waals surface area (Å²) in [6, 6.07) is 5.79. The first kappa shape index (κ1) is 24.4. The SMILES string of the molecule is Cc1cc(C)c(C(=O)N2CC(P)(I)C2)c(-c2ccnc3cc(CN4C(=O)C5C(C4=O)C5(C)C)sc23)n1. The number of aromatic nitrogens is 2. The Bertz CT molecular complexity index is 1470. The second-order valence-corrected chi connectivity index (χ2v) is 16.4. The molecule has 3 fully saturated rings. The van der Waals surface area contributed by atoms with Crippen LogP contribution < -0.4 is 0 Å². The molecule has 36 heavy (non-hydrogen) atoms. The molecule has 1 aliphatic carbocycles. The third-order valence-electron chi connectivity index (χ3n) is 7.68. The molecule has 0 bridgehead atoms. The van der Waals surface area contributed by atoms with Gasteiger partial charge in [-0.1, -0.05) is 36.4 Å². The monoisotopic (exact) mass is 632 g/mol. The van der Waals surface area contributed by atoms with Crippen LogP contribution in [-0.4, -0.2) is 53.7 Å². The molecule has 3 aromatic rings. The van der Waals surface area contributed by atoms with Gasteiger partial charge in [-0.2, -0.15) is 0 Å². The van der Waals surface area contributed by atoms with Crippen LogP contribution in [0.2, 0.25) is 0 Å². The fraction of sp³-hybridized carbons (Fsp3) is 0.423. The molecule has 2 saturated heterocycles. The zero-order valence-corrected chi connectivity index (χ0v) is 24.6. The van der Waals surface area contributed by atoms with Crippen LogP contribution in [0.25, 0.3) is 21.5 Å². The highest BCUT2D eigenvalue weighted by atomic mass is 127. The number of thiophene rings is 1. The number of amides is 3. The Kier molecular flexibility index (Phi) is 5.42. The molecule has 0 spiro atoms. The number of carbonyl (C=O) groups excluding carboxylic acids is 3. The lowest BCUT2D eigenvalue weighted by molar-refractivity contribution is -0.143. The molecular formula is C26H26IN4O3PS. The van der Waals surface area contributed by atoms with E-state index >= 15 is 0 Å². The Hall–Kier alpha value is -1.97. The maximum Gasteiger partial charge on any atom is 0.256 e. The number of piperidine rings is 1. The minimum atomic E-state index is -0.221. The molecule has 1 saturated carbocycles. The lowest BCUT2D eigenvalue weighted by Gasteiger charge is -2.44. The van der Waals surface area contributed by atoms with E-state index in [1.54, 1.807) is 6.20 Å². The summed E-state index contributed by atoms with van der Waals surface area (Å²) in [4.78, 5) is 52.8. The van der Waals surface area contributed by atoms with Gasteiger partial charge in [0, 0.05) is 35.4 Å². The van der Waals surface area contributed by atoms with Crippen LogP contribution in [0, 0.1) is 31.1 Å². The minimum absolute atomic E-state index is 0.0124. The van der Waals surface area contributed by atoms with Gasteiger partial charge in [-0.15, -0.1) is 20.6 Å². The molecule has 3 aromatic heterocycles. The summed E-state index contributed by atoms with van der Waals surface area (Å²) >= 11 is 3.87. The number of fused-ring (bicyclic) bond motifs is 2. The van der Waals surface area contributed by atoms with Crippen LogP contribution in [0.3, 0.4) is 0 Å². The number of nitrogens with zero attached hydrogens (tertiary/aromatic N) is 4. The summed E-state index contributed by atoms with van der Waals surface area (Å²) < 4.78 is 0.924. The van der Waals surface area contributed by atoms with Crippen molar-refractivity contribution in [3.8, 4) is 11.3 Å². The van der Waals surface area contributed by atoms with Crippen molar-refractivity contribution in [3.63, 3.8) is 0 Å². The first-order chi connectivity index (χ1) is 16.9. The standard InChI is InChI=1S/C26H26IN4O3PS/c1-12-7-13(2)29-20(17(12)22(32)30-10-26(27,35)11-30)15-5-6-28-16-8-14(36-21(15)16)9-31-23(33)18-19(24(31)34)25(18,3)4/h5-8,18-19H,9-11,35H2,1-4H3. The number of pyridine rings is 2. The molecule has 2 aliphatic heterocycles. The lowest BCUT2D eigenvalue weighted by atomic mass is 9.98. The number of hydrogen-bond donors (Lipinski definition) is 0. The second-order valence-electron chi connectivity index (χ2n) is 10.8. The Labute approximate surface area is 229 Å². The number of aryl methyl sites for hydroxylation is 2. The van der Waals surface area contributed by atoms with Crippen molar-refractivity contribution in [3.05, 3.63) is 46.1 Å². The Morgan fingerprint density at radius 1 is 1.19 bits per heavy atom. The molecule has 0 aromatic carbocycles. The molecule has 3 unspecified atom stereocenters. The van der Waals surface area contributed by atoms with Gasteiger partial charge >= 0.3 is 0 Å². The fourth-order valence-electron chi connectivity index (χ4n) is 5.76. The predicted octanol–water partition coefficient (Wildman–Crippen LogP) is 4.58. The van der Waals surface area contributed by atoms with Gasteiger partial charge in [0.15, 0.2) is 0 Å². The van der Waals surface area contributed by atoms with E-state index in [4.69, 9.17) is 4.98 Å². The molecule has 10 heteroatoms. The van der Waals surface area contributed by atoms with E-state index in [1.807, 2.05) is 50.8 Å². The Morgan fingerprint density at radius 3 is 2.50 bits per heavy atom. The van der Waals surface area contributed by atoms with Gasteiger partial charge in [0.2, 0.25) is 11.8 Å². The van der Waals surface area contributed by atoms with E-state index in [1.165, 1.54) is 16.2 Å². The summed E-state index contributed by atoms with van der Waals surface area (Å²) in [5.74, 6) is -0.531. The van der Waals surface area contributed by atoms with Gasteiger partial charge in [-0.25, -0.2) is 0 Å². The quantitative estimate of drug-likeness (QED) is 0.182. The van der Waals surface area contributed by atoms with Crippen LogP contribution in [-0.2, 0) is 16.1 Å². The fourth-order valence-corrected chi connectivity index (χ4v) is 8.14. The number of hydrogen-bond acceptors (Lipinski definition) is 6. The number of alkyl halides is 1. The van der Waals surface area contributed by atoms with Crippen molar-refractivity contribution >= 4 is 71.1 Å². The number of rotatable bonds is 4. The third kappa shape index (κ3) is 3.64. The van der Waals surface area contributed by atoms with Crippen molar-refractivity contribution < 1.29 is 14.4 Å². The third-order valence-corrected chi connectivity index (χ3v) is 9.87. The lowest BCUT2D eigenvalue weighted by Crippen LogP contribution is -2.56. The first-order valence-corrected chi connectivity index (χ1v) is 14.3. The average Bonchev–Trinajstić information content (AvgIpc) is 3.02. The molecule has 5 heterocycles. The van der Waals surface area contributed by atoms with Crippen molar-refractivity contribution in [2.45, 2.75) is 37.4 Å². The summed E-state index contributed by atoms with van der Waals surface area (Å²) in [5.41, 5.74) is 4.42. The smallest absolute Gasteiger partial charge is 0.256 e. The molecule has 3 amide bonds. The van der Waals surface area contributed by atoms with E-state index in [-0.39, 0.29) is 44.7 Å². The molecule has 6 rings (SSSR count). The van der Waals surface area contributed by atoms with Crippen LogP contribution in [0.4, 0.5) is 0 Å². The zero-order chi connectivity index (χ0) is 25.7. The van der Waals surface area contributed by atoms with Crippen LogP contribution in [0.15, 0.2) is 24.4 Å². The molecule has 3 atom stereocenters. The minimum Gasteiger partial charge on any atom is -0.335 e. The van der Waals surface area contributed by atoms with Crippen molar-refractivity contribution in [2.75, 3.05) is 13.1 Å². The van der Waals surface area contributed by atoms with E-state index in [0.717, 1.165) is 31.9 Å². The number of likely N-dealkylation sites (tertiary alicyclic amines) is 2. The maximum atomic E-state index is 13.6. The highest BCUT2D eigenvalue weighted by molar-refractivity contribution is 14.1. The topological polar surface area (TPSA) is 83.5 Å². The van der Waals surface area contributed by atoms with E-state index in [2.05, 4.69) is 36.8 Å². The molecule has 3 aliphatic rings. The van der Waals surface area contributed by atoms with Gasteiger partial charge in [0.25, 0.3) is 5.91 Å². The average molecular weight is 632 g/mol. The summed E-state index contributed by atoms with van der Waals surface area (Å²) in [5, 5.41) is 0. The van der Waals surface area contributed by atoms with Gasteiger partial charge in [-0.05, 0) is 43.0 Å². The molecule has 186 valence electrons. The van der Waals surface area contributed by atoms with E-state index in [0.29, 0.717) is 24.3 Å². The Morgan fingerprint density at radius 2 is 1.86 bits per heavy atom. The first-order valence-electron chi connectivity index (χ1n) is 11.9. The maximum absolute atomic E-state index is 13.6. The summed E-state index contributed by atoms with van der Waals surface area (Å²) in [6.45, 7) is 9.47. The number of halogens is 1. The number of carbonyl (C=O) groups is 3. The van der Waals surface area contributed by atoms with Crippen LogP contribution >= 0.6 is 43.2 Å². The largest absolute Gasteiger partial charge is 0.335 e. The second kappa shape index (κ2) is 8.01. The van der Waals surface area contributed by atoms with Crippen LogP contribution in [0.1, 0.15) is 40.3 Å².